The summed E-state index contributed by atoms with van der Waals surface area (Å²) in [4.78, 5) is 0. The van der Waals surface area contributed by atoms with Crippen LogP contribution in [-0.4, -0.2) is 12.2 Å². The fourth-order valence-electron chi connectivity index (χ4n) is 1.21. The first kappa shape index (κ1) is 10.1. The molecule has 0 saturated heterocycles. The summed E-state index contributed by atoms with van der Waals surface area (Å²) < 4.78 is 5.06. The number of hydrogen-bond donors (Lipinski definition) is 1. The first-order valence-corrected chi connectivity index (χ1v) is 4.39. The van der Waals surface area contributed by atoms with Crippen molar-refractivity contribution in [2.24, 2.45) is 0 Å². The lowest BCUT2D eigenvalue weighted by atomic mass is 10.1. The van der Waals surface area contributed by atoms with Gasteiger partial charge in [0.1, 0.15) is 5.75 Å². The summed E-state index contributed by atoms with van der Waals surface area (Å²) in [6.07, 6.45) is 0.999. The van der Waals surface area contributed by atoms with Crippen molar-refractivity contribution in [1.29, 1.82) is 0 Å². The lowest BCUT2D eigenvalue weighted by molar-refractivity contribution is 0.168. The van der Waals surface area contributed by atoms with Crippen LogP contribution in [0.1, 0.15) is 24.5 Å². The average Bonchev–Trinajstić information content (AvgIpc) is 2.18. The van der Waals surface area contributed by atoms with E-state index >= 15 is 0 Å². The van der Waals surface area contributed by atoms with Gasteiger partial charge in [0.15, 0.2) is 0 Å². The van der Waals surface area contributed by atoms with Gasteiger partial charge in [0.25, 0.3) is 0 Å². The normalized spacial score (nSPS) is 12.5. The molecule has 0 aliphatic rings. The van der Waals surface area contributed by atoms with Crippen molar-refractivity contribution in [3.63, 3.8) is 0 Å². The molecule has 0 heterocycles. The molecule has 1 N–H and O–H groups in total. The average molecular weight is 179 g/mol. The minimum absolute atomic E-state index is 0.424. The van der Waals surface area contributed by atoms with Crippen LogP contribution in [0.3, 0.4) is 0 Å². The van der Waals surface area contributed by atoms with Gasteiger partial charge in [0, 0.05) is 0 Å². The second kappa shape index (κ2) is 4.87. The van der Waals surface area contributed by atoms with Crippen molar-refractivity contribution >= 4 is 0 Å². The number of methoxy groups -OCH3 is 1. The SMILES string of the molecule is [CH2]CCC(O)c1cccc(OC)c1. The fraction of sp³-hybridized carbons (Fsp3) is 0.364. The molecule has 1 radical (unpaired) electrons. The Morgan fingerprint density at radius 3 is 2.92 bits per heavy atom. The van der Waals surface area contributed by atoms with E-state index in [0.717, 1.165) is 17.7 Å². The van der Waals surface area contributed by atoms with Gasteiger partial charge in [0.2, 0.25) is 0 Å². The summed E-state index contributed by atoms with van der Waals surface area (Å²) in [6.45, 7) is 3.70. The molecule has 1 rings (SSSR count). The summed E-state index contributed by atoms with van der Waals surface area (Å²) in [6, 6.07) is 7.48. The molecule has 1 unspecified atom stereocenters. The molecule has 0 amide bonds. The van der Waals surface area contributed by atoms with Gasteiger partial charge < -0.3 is 9.84 Å². The lowest BCUT2D eigenvalue weighted by Gasteiger charge is -2.10. The highest BCUT2D eigenvalue weighted by Crippen LogP contribution is 2.21. The maximum absolute atomic E-state index is 9.64. The van der Waals surface area contributed by atoms with Crippen molar-refractivity contribution in [1.82, 2.24) is 0 Å². The Morgan fingerprint density at radius 2 is 2.31 bits per heavy atom. The topological polar surface area (TPSA) is 29.5 Å². The van der Waals surface area contributed by atoms with Gasteiger partial charge in [-0.25, -0.2) is 0 Å². The van der Waals surface area contributed by atoms with Gasteiger partial charge >= 0.3 is 0 Å². The van der Waals surface area contributed by atoms with E-state index in [0.29, 0.717) is 6.42 Å². The van der Waals surface area contributed by atoms with E-state index in [1.807, 2.05) is 24.3 Å². The Hall–Kier alpha value is -1.02. The Kier molecular flexibility index (Phi) is 3.77. The molecule has 2 nitrogen and oxygen atoms in total. The molecule has 1 aromatic rings. The molecule has 0 aromatic heterocycles. The van der Waals surface area contributed by atoms with E-state index in [9.17, 15) is 5.11 Å². The molecule has 1 atom stereocenters. The summed E-state index contributed by atoms with van der Waals surface area (Å²) in [5, 5.41) is 9.64. The van der Waals surface area contributed by atoms with Gasteiger partial charge in [-0.05, 0) is 24.1 Å². The van der Waals surface area contributed by atoms with Crippen LogP contribution in [-0.2, 0) is 0 Å². The van der Waals surface area contributed by atoms with E-state index in [1.54, 1.807) is 7.11 Å². The molecule has 2 heteroatoms. The van der Waals surface area contributed by atoms with E-state index in [1.165, 1.54) is 0 Å². The predicted molar refractivity (Wildman–Crippen MR) is 52.5 cm³/mol. The van der Waals surface area contributed by atoms with Crippen molar-refractivity contribution in [3.05, 3.63) is 36.8 Å². The quantitative estimate of drug-likeness (QED) is 0.768. The smallest absolute Gasteiger partial charge is 0.119 e. The summed E-state index contributed by atoms with van der Waals surface area (Å²) in [5.74, 6) is 0.778. The van der Waals surface area contributed by atoms with E-state index in [4.69, 9.17) is 4.74 Å². The number of rotatable bonds is 4. The van der Waals surface area contributed by atoms with Crippen LogP contribution in [0.15, 0.2) is 24.3 Å². The zero-order valence-electron chi connectivity index (χ0n) is 7.86. The second-order valence-electron chi connectivity index (χ2n) is 2.93. The number of ether oxygens (including phenoxy) is 1. The maximum atomic E-state index is 9.64. The molecule has 1 aromatic carbocycles. The summed E-state index contributed by atoms with van der Waals surface area (Å²) in [5.41, 5.74) is 0.892. The van der Waals surface area contributed by atoms with Crippen LogP contribution in [0.5, 0.6) is 5.75 Å². The molecule has 71 valence electrons. The van der Waals surface area contributed by atoms with Crippen LogP contribution < -0.4 is 4.74 Å². The van der Waals surface area contributed by atoms with Gasteiger partial charge in [-0.3, -0.25) is 0 Å². The molecule has 0 aliphatic heterocycles. The molecule has 0 fully saturated rings. The molecule has 0 aliphatic carbocycles. The molecule has 0 saturated carbocycles. The third-order valence-electron chi connectivity index (χ3n) is 1.96. The van der Waals surface area contributed by atoms with Crippen molar-refractivity contribution in [3.8, 4) is 5.75 Å². The van der Waals surface area contributed by atoms with Crippen LogP contribution in [0.2, 0.25) is 0 Å². The predicted octanol–water partition coefficient (Wildman–Crippen LogP) is 2.34. The molecule has 13 heavy (non-hydrogen) atoms. The van der Waals surface area contributed by atoms with Crippen molar-refractivity contribution in [2.75, 3.05) is 7.11 Å². The Balaban J connectivity index is 2.75. The highest BCUT2D eigenvalue weighted by molar-refractivity contribution is 5.29. The number of benzene rings is 1. The summed E-state index contributed by atoms with van der Waals surface area (Å²) >= 11 is 0. The zero-order valence-corrected chi connectivity index (χ0v) is 7.86. The van der Waals surface area contributed by atoms with Crippen LogP contribution in [0, 0.1) is 6.92 Å². The Bertz CT molecular complexity index is 258. The van der Waals surface area contributed by atoms with E-state index in [-0.39, 0.29) is 0 Å². The zero-order chi connectivity index (χ0) is 9.68. The van der Waals surface area contributed by atoms with Gasteiger partial charge in [-0.15, -0.1) is 0 Å². The molecule has 0 spiro atoms. The standard InChI is InChI=1S/C11H15O2/c1-3-5-11(12)9-6-4-7-10(8-9)13-2/h4,6-8,11-12H,1,3,5H2,2H3. The summed E-state index contributed by atoms with van der Waals surface area (Å²) in [7, 11) is 1.62. The van der Waals surface area contributed by atoms with Crippen molar-refractivity contribution in [2.45, 2.75) is 18.9 Å². The Morgan fingerprint density at radius 1 is 1.54 bits per heavy atom. The minimum atomic E-state index is -0.424. The van der Waals surface area contributed by atoms with Gasteiger partial charge in [-0.1, -0.05) is 25.5 Å². The number of aliphatic hydroxyl groups is 1. The third-order valence-corrected chi connectivity index (χ3v) is 1.96. The van der Waals surface area contributed by atoms with E-state index in [2.05, 4.69) is 6.92 Å². The largest absolute Gasteiger partial charge is 0.497 e. The molecular formula is C11H15O2. The van der Waals surface area contributed by atoms with Crippen molar-refractivity contribution < 1.29 is 9.84 Å². The molecular weight excluding hydrogens is 164 g/mol. The number of hydrogen-bond acceptors (Lipinski definition) is 2. The Labute approximate surface area is 79.2 Å². The monoisotopic (exact) mass is 179 g/mol. The highest BCUT2D eigenvalue weighted by Gasteiger charge is 2.06. The molecule has 0 bridgehead atoms. The van der Waals surface area contributed by atoms with Crippen LogP contribution >= 0.6 is 0 Å². The first-order valence-electron chi connectivity index (χ1n) is 4.39. The number of aliphatic hydroxyl groups excluding tert-OH is 1. The van der Waals surface area contributed by atoms with Crippen LogP contribution in [0.25, 0.3) is 0 Å². The second-order valence-corrected chi connectivity index (χ2v) is 2.93. The minimum Gasteiger partial charge on any atom is -0.497 e. The van der Waals surface area contributed by atoms with Gasteiger partial charge in [0.05, 0.1) is 13.2 Å². The van der Waals surface area contributed by atoms with E-state index < -0.39 is 6.10 Å². The highest BCUT2D eigenvalue weighted by atomic mass is 16.5. The van der Waals surface area contributed by atoms with Crippen LogP contribution in [0.4, 0.5) is 0 Å². The first-order chi connectivity index (χ1) is 6.27. The maximum Gasteiger partial charge on any atom is 0.119 e. The fourth-order valence-corrected chi connectivity index (χ4v) is 1.21. The lowest BCUT2D eigenvalue weighted by Crippen LogP contribution is -1.96. The third kappa shape index (κ3) is 2.74. The van der Waals surface area contributed by atoms with Gasteiger partial charge in [-0.2, -0.15) is 0 Å².